The second kappa shape index (κ2) is 4.86. The molecule has 5 heteroatoms. The zero-order valence-electron chi connectivity index (χ0n) is 10.2. The Morgan fingerprint density at radius 1 is 1.41 bits per heavy atom. The van der Waals surface area contributed by atoms with Crippen molar-refractivity contribution in [1.29, 1.82) is 0 Å². The zero-order valence-corrected chi connectivity index (χ0v) is 10.2. The molecule has 0 aliphatic rings. The number of hydrogen-bond acceptors (Lipinski definition) is 3. The van der Waals surface area contributed by atoms with E-state index in [9.17, 15) is 4.79 Å². The highest BCUT2D eigenvalue weighted by Gasteiger charge is 2.26. The summed E-state index contributed by atoms with van der Waals surface area (Å²) < 4.78 is 0. The number of carbonyl (C=O) groups is 1. The summed E-state index contributed by atoms with van der Waals surface area (Å²) in [5.41, 5.74) is 6.06. The van der Waals surface area contributed by atoms with Crippen LogP contribution in [0.2, 0.25) is 0 Å². The minimum absolute atomic E-state index is 0.0422. The Morgan fingerprint density at radius 3 is 2.53 bits per heavy atom. The summed E-state index contributed by atoms with van der Waals surface area (Å²) in [5.74, 6) is -0.292. The van der Waals surface area contributed by atoms with Crippen molar-refractivity contribution >= 4 is 11.7 Å². The summed E-state index contributed by atoms with van der Waals surface area (Å²) in [5, 5.41) is 14.2. The zero-order chi connectivity index (χ0) is 13.1. The van der Waals surface area contributed by atoms with E-state index in [0.29, 0.717) is 5.56 Å². The van der Waals surface area contributed by atoms with Gasteiger partial charge in [0.25, 0.3) is 5.91 Å². The maximum Gasteiger partial charge on any atom is 0.252 e. The normalized spacial score (nSPS) is 12.3. The van der Waals surface area contributed by atoms with Crippen molar-refractivity contribution in [2.75, 3.05) is 0 Å². The van der Waals surface area contributed by atoms with Crippen LogP contribution in [0, 0.1) is 6.92 Å². The van der Waals surface area contributed by atoms with Gasteiger partial charge in [0.15, 0.2) is 5.84 Å². The Balaban J connectivity index is 2.91. The fourth-order valence-electron chi connectivity index (χ4n) is 1.37. The van der Waals surface area contributed by atoms with Crippen molar-refractivity contribution in [3.05, 3.63) is 35.4 Å². The van der Waals surface area contributed by atoms with Crippen LogP contribution in [0.15, 0.2) is 29.4 Å². The van der Waals surface area contributed by atoms with E-state index in [1.807, 2.05) is 19.1 Å². The lowest BCUT2D eigenvalue weighted by molar-refractivity contribution is 0.0930. The molecule has 0 aliphatic carbocycles. The van der Waals surface area contributed by atoms with Gasteiger partial charge in [-0.15, -0.1) is 0 Å². The molecular formula is C12H17N3O2. The fourth-order valence-corrected chi connectivity index (χ4v) is 1.37. The molecule has 5 nitrogen and oxygen atoms in total. The van der Waals surface area contributed by atoms with E-state index < -0.39 is 5.54 Å². The third-order valence-electron chi connectivity index (χ3n) is 2.56. The highest BCUT2D eigenvalue weighted by Crippen LogP contribution is 2.10. The number of amidine groups is 1. The van der Waals surface area contributed by atoms with Crippen LogP contribution in [0.3, 0.4) is 0 Å². The number of rotatable bonds is 3. The second-order valence-electron chi connectivity index (χ2n) is 4.38. The molecule has 0 radical (unpaired) electrons. The smallest absolute Gasteiger partial charge is 0.252 e. The lowest BCUT2D eigenvalue weighted by Crippen LogP contribution is -2.53. The number of hydrogen-bond donors (Lipinski definition) is 3. The summed E-state index contributed by atoms with van der Waals surface area (Å²) in [6, 6.07) is 7.23. The SMILES string of the molecule is Cc1ccccc1C(=O)NC(C)(C)/C(N)=N/O. The van der Waals surface area contributed by atoms with Crippen LogP contribution in [0.4, 0.5) is 0 Å². The van der Waals surface area contributed by atoms with E-state index in [1.165, 1.54) is 0 Å². The van der Waals surface area contributed by atoms with Crippen molar-refractivity contribution in [2.45, 2.75) is 26.3 Å². The van der Waals surface area contributed by atoms with Crippen LogP contribution in [0.25, 0.3) is 0 Å². The summed E-state index contributed by atoms with van der Waals surface area (Å²) in [7, 11) is 0. The molecular weight excluding hydrogens is 218 g/mol. The molecule has 0 spiro atoms. The van der Waals surface area contributed by atoms with E-state index in [-0.39, 0.29) is 11.7 Å². The van der Waals surface area contributed by atoms with Crippen LogP contribution in [0.5, 0.6) is 0 Å². The summed E-state index contributed by atoms with van der Waals surface area (Å²) >= 11 is 0. The van der Waals surface area contributed by atoms with Gasteiger partial charge in [0.05, 0.1) is 5.54 Å². The molecule has 1 rings (SSSR count). The van der Waals surface area contributed by atoms with Gasteiger partial charge in [-0.1, -0.05) is 23.4 Å². The van der Waals surface area contributed by atoms with Gasteiger partial charge in [0.1, 0.15) is 0 Å². The van der Waals surface area contributed by atoms with E-state index in [0.717, 1.165) is 5.56 Å². The molecule has 0 bridgehead atoms. The average Bonchev–Trinajstić information content (AvgIpc) is 2.27. The van der Waals surface area contributed by atoms with Gasteiger partial charge < -0.3 is 16.3 Å². The number of oxime groups is 1. The summed E-state index contributed by atoms with van der Waals surface area (Å²) in [6.45, 7) is 5.18. The molecule has 4 N–H and O–H groups in total. The topological polar surface area (TPSA) is 87.7 Å². The van der Waals surface area contributed by atoms with Gasteiger partial charge in [-0.25, -0.2) is 0 Å². The van der Waals surface area contributed by atoms with Gasteiger partial charge in [-0.2, -0.15) is 0 Å². The van der Waals surface area contributed by atoms with Gasteiger partial charge in [-0.05, 0) is 32.4 Å². The van der Waals surface area contributed by atoms with Crippen LogP contribution < -0.4 is 11.1 Å². The molecule has 17 heavy (non-hydrogen) atoms. The number of carbonyl (C=O) groups excluding carboxylic acids is 1. The predicted octanol–water partition coefficient (Wildman–Crippen LogP) is 1.25. The number of amides is 1. The number of nitrogens with zero attached hydrogens (tertiary/aromatic N) is 1. The Morgan fingerprint density at radius 2 is 2.00 bits per heavy atom. The molecule has 0 atom stereocenters. The minimum atomic E-state index is -0.895. The Labute approximate surface area is 100 Å². The largest absolute Gasteiger partial charge is 0.409 e. The molecule has 1 aromatic carbocycles. The number of aryl methyl sites for hydroxylation is 1. The third-order valence-corrected chi connectivity index (χ3v) is 2.56. The summed E-state index contributed by atoms with van der Waals surface area (Å²) in [4.78, 5) is 12.0. The first kappa shape index (κ1) is 13.0. The predicted molar refractivity (Wildman–Crippen MR) is 66.1 cm³/mol. The summed E-state index contributed by atoms with van der Waals surface area (Å²) in [6.07, 6.45) is 0. The first-order valence-corrected chi connectivity index (χ1v) is 5.24. The molecule has 0 fully saturated rings. The number of nitrogens with two attached hydrogens (primary N) is 1. The number of benzene rings is 1. The molecule has 0 aliphatic heterocycles. The minimum Gasteiger partial charge on any atom is -0.409 e. The van der Waals surface area contributed by atoms with Gasteiger partial charge in [0.2, 0.25) is 0 Å². The van der Waals surface area contributed by atoms with Crippen molar-refractivity contribution in [3.63, 3.8) is 0 Å². The standard InChI is InChI=1S/C12H17N3O2/c1-8-6-4-5-7-9(8)10(16)14-12(2,3)11(13)15-17/h4-7,17H,1-3H3,(H2,13,15)(H,14,16). The molecule has 92 valence electrons. The van der Waals surface area contributed by atoms with Crippen LogP contribution in [-0.2, 0) is 0 Å². The lowest BCUT2D eigenvalue weighted by Gasteiger charge is -2.24. The van der Waals surface area contributed by atoms with E-state index in [4.69, 9.17) is 10.9 Å². The highest BCUT2D eigenvalue weighted by atomic mass is 16.4. The van der Waals surface area contributed by atoms with Crippen molar-refractivity contribution in [1.82, 2.24) is 5.32 Å². The van der Waals surface area contributed by atoms with Crippen molar-refractivity contribution < 1.29 is 10.0 Å². The van der Waals surface area contributed by atoms with Crippen LogP contribution in [0.1, 0.15) is 29.8 Å². The van der Waals surface area contributed by atoms with Crippen LogP contribution >= 0.6 is 0 Å². The fraction of sp³-hybridized carbons (Fsp3) is 0.333. The Bertz CT molecular complexity index is 453. The van der Waals surface area contributed by atoms with Crippen molar-refractivity contribution in [3.8, 4) is 0 Å². The molecule has 1 amide bonds. The first-order chi connectivity index (χ1) is 7.88. The highest BCUT2D eigenvalue weighted by molar-refractivity contribution is 6.00. The maximum absolute atomic E-state index is 12.0. The van der Waals surface area contributed by atoms with Crippen molar-refractivity contribution in [2.24, 2.45) is 10.9 Å². The van der Waals surface area contributed by atoms with E-state index >= 15 is 0 Å². The van der Waals surface area contributed by atoms with Crippen LogP contribution in [-0.4, -0.2) is 22.5 Å². The average molecular weight is 235 g/mol. The first-order valence-electron chi connectivity index (χ1n) is 5.24. The molecule has 0 heterocycles. The maximum atomic E-state index is 12.0. The van der Waals surface area contributed by atoms with E-state index in [2.05, 4.69) is 10.5 Å². The van der Waals surface area contributed by atoms with Gasteiger partial charge in [0, 0.05) is 5.56 Å². The van der Waals surface area contributed by atoms with Gasteiger partial charge >= 0.3 is 0 Å². The Kier molecular flexibility index (Phi) is 3.73. The number of nitrogens with one attached hydrogen (secondary N) is 1. The molecule has 0 saturated heterocycles. The third kappa shape index (κ3) is 2.96. The van der Waals surface area contributed by atoms with Gasteiger partial charge in [-0.3, -0.25) is 4.79 Å². The molecule has 0 unspecified atom stereocenters. The Hall–Kier alpha value is -2.04. The molecule has 0 aromatic heterocycles. The molecule has 1 aromatic rings. The van der Waals surface area contributed by atoms with E-state index in [1.54, 1.807) is 26.0 Å². The molecule has 0 saturated carbocycles. The monoisotopic (exact) mass is 235 g/mol. The quantitative estimate of drug-likeness (QED) is 0.319. The second-order valence-corrected chi connectivity index (χ2v) is 4.38. The lowest BCUT2D eigenvalue weighted by atomic mass is 10.0.